The number of rotatable bonds is 3. The summed E-state index contributed by atoms with van der Waals surface area (Å²) >= 11 is 1.58. The van der Waals surface area contributed by atoms with E-state index in [1.54, 1.807) is 24.3 Å². The number of nitrogens with zero attached hydrogens (tertiary/aromatic N) is 1. The summed E-state index contributed by atoms with van der Waals surface area (Å²) in [5.74, 6) is -0.317. The van der Waals surface area contributed by atoms with Gasteiger partial charge in [-0.2, -0.15) is 0 Å². The van der Waals surface area contributed by atoms with E-state index in [0.29, 0.717) is 12.2 Å². The maximum absolute atomic E-state index is 11.9. The van der Waals surface area contributed by atoms with Crippen LogP contribution in [0.2, 0.25) is 0 Å². The molecule has 2 aromatic carbocycles. The molecule has 20 heavy (non-hydrogen) atoms. The number of fused-ring (bicyclic) bond motifs is 1. The van der Waals surface area contributed by atoms with E-state index in [-0.39, 0.29) is 5.97 Å². The predicted molar refractivity (Wildman–Crippen MR) is 81.0 cm³/mol. The van der Waals surface area contributed by atoms with Crippen molar-refractivity contribution < 1.29 is 9.53 Å². The van der Waals surface area contributed by atoms with Gasteiger partial charge in [0.15, 0.2) is 0 Å². The minimum Gasteiger partial charge on any atom is -0.462 e. The van der Waals surface area contributed by atoms with Crippen molar-refractivity contribution in [3.63, 3.8) is 0 Å². The molecule has 3 nitrogen and oxygen atoms in total. The molecular weight excluding hydrogens is 270 g/mol. The van der Waals surface area contributed by atoms with E-state index in [4.69, 9.17) is 4.74 Å². The first-order valence-electron chi connectivity index (χ1n) is 6.41. The third kappa shape index (κ3) is 2.30. The van der Waals surface area contributed by atoms with E-state index in [2.05, 4.69) is 4.98 Å². The van der Waals surface area contributed by atoms with Gasteiger partial charge in [-0.3, -0.25) is 0 Å². The molecular formula is C16H13NO2S. The SMILES string of the molecule is CCOC(=O)c1cccc2sc(-c3ccccc3)nc12. The standard InChI is InChI=1S/C16H13NO2S/c1-2-19-16(18)12-9-6-10-13-14(12)17-15(20-13)11-7-4-3-5-8-11/h3-10H,2H2,1H3. The zero-order valence-electron chi connectivity index (χ0n) is 11.0. The van der Waals surface area contributed by atoms with Crippen molar-refractivity contribution in [1.82, 2.24) is 4.98 Å². The second kappa shape index (κ2) is 5.43. The van der Waals surface area contributed by atoms with Gasteiger partial charge in [0.1, 0.15) is 5.01 Å². The lowest BCUT2D eigenvalue weighted by Crippen LogP contribution is -2.05. The molecule has 0 amide bonds. The van der Waals surface area contributed by atoms with Crippen LogP contribution in [0.1, 0.15) is 17.3 Å². The van der Waals surface area contributed by atoms with Gasteiger partial charge in [0.2, 0.25) is 0 Å². The number of aromatic nitrogens is 1. The van der Waals surface area contributed by atoms with Crippen LogP contribution >= 0.6 is 11.3 Å². The zero-order valence-corrected chi connectivity index (χ0v) is 11.8. The first-order chi connectivity index (χ1) is 9.79. The summed E-state index contributed by atoms with van der Waals surface area (Å²) in [6.45, 7) is 2.17. The van der Waals surface area contributed by atoms with Crippen molar-refractivity contribution in [2.45, 2.75) is 6.92 Å². The van der Waals surface area contributed by atoms with E-state index in [0.717, 1.165) is 20.8 Å². The van der Waals surface area contributed by atoms with E-state index >= 15 is 0 Å². The van der Waals surface area contributed by atoms with Gasteiger partial charge in [0, 0.05) is 5.56 Å². The van der Waals surface area contributed by atoms with Crippen LogP contribution in [0.3, 0.4) is 0 Å². The van der Waals surface area contributed by atoms with E-state index < -0.39 is 0 Å². The molecule has 100 valence electrons. The second-order valence-corrected chi connectivity index (χ2v) is 5.29. The monoisotopic (exact) mass is 283 g/mol. The van der Waals surface area contributed by atoms with Crippen LogP contribution in [0, 0.1) is 0 Å². The summed E-state index contributed by atoms with van der Waals surface area (Å²) < 4.78 is 6.07. The molecule has 0 aliphatic heterocycles. The molecule has 0 radical (unpaired) electrons. The molecule has 1 heterocycles. The number of benzene rings is 2. The molecule has 0 bridgehead atoms. The molecule has 1 aromatic heterocycles. The lowest BCUT2D eigenvalue weighted by atomic mass is 10.2. The summed E-state index contributed by atoms with van der Waals surface area (Å²) in [6, 6.07) is 15.6. The molecule has 0 saturated heterocycles. The predicted octanol–water partition coefficient (Wildman–Crippen LogP) is 4.14. The molecule has 0 unspecified atom stereocenters. The van der Waals surface area contributed by atoms with E-state index in [1.807, 2.05) is 42.5 Å². The molecule has 3 rings (SSSR count). The third-order valence-electron chi connectivity index (χ3n) is 2.94. The fourth-order valence-corrected chi connectivity index (χ4v) is 3.02. The summed E-state index contributed by atoms with van der Waals surface area (Å²) in [4.78, 5) is 16.6. The highest BCUT2D eigenvalue weighted by molar-refractivity contribution is 7.21. The lowest BCUT2D eigenvalue weighted by Gasteiger charge is -2.01. The maximum Gasteiger partial charge on any atom is 0.340 e. The number of esters is 1. The van der Waals surface area contributed by atoms with Crippen molar-refractivity contribution in [3.8, 4) is 10.6 Å². The zero-order chi connectivity index (χ0) is 13.9. The van der Waals surface area contributed by atoms with Crippen molar-refractivity contribution in [2.75, 3.05) is 6.61 Å². The number of hydrogen-bond acceptors (Lipinski definition) is 4. The number of thiazole rings is 1. The Morgan fingerprint density at radius 3 is 2.70 bits per heavy atom. The first-order valence-corrected chi connectivity index (χ1v) is 7.23. The van der Waals surface area contributed by atoms with Gasteiger partial charge in [0.05, 0.1) is 22.4 Å². The minimum absolute atomic E-state index is 0.317. The molecule has 0 atom stereocenters. The fraction of sp³-hybridized carbons (Fsp3) is 0.125. The number of ether oxygens (including phenoxy) is 1. The molecule has 0 N–H and O–H groups in total. The van der Waals surface area contributed by atoms with Crippen LogP contribution in [0.5, 0.6) is 0 Å². The topological polar surface area (TPSA) is 39.2 Å². The smallest absolute Gasteiger partial charge is 0.340 e. The molecule has 0 fully saturated rings. The average Bonchev–Trinajstić information content (AvgIpc) is 2.92. The Bertz CT molecular complexity index is 750. The summed E-state index contributed by atoms with van der Waals surface area (Å²) in [5, 5.41) is 0.914. The summed E-state index contributed by atoms with van der Waals surface area (Å²) in [6.07, 6.45) is 0. The third-order valence-corrected chi connectivity index (χ3v) is 4.00. The van der Waals surface area contributed by atoms with Crippen LogP contribution in [0.25, 0.3) is 20.8 Å². The number of hydrogen-bond donors (Lipinski definition) is 0. The van der Waals surface area contributed by atoms with Gasteiger partial charge in [-0.15, -0.1) is 11.3 Å². The van der Waals surface area contributed by atoms with Crippen LogP contribution in [-0.4, -0.2) is 17.6 Å². The summed E-state index contributed by atoms with van der Waals surface area (Å²) in [7, 11) is 0. The Morgan fingerprint density at radius 1 is 1.15 bits per heavy atom. The normalized spacial score (nSPS) is 10.7. The summed E-state index contributed by atoms with van der Waals surface area (Å²) in [5.41, 5.74) is 2.31. The van der Waals surface area contributed by atoms with Crippen LogP contribution in [0.15, 0.2) is 48.5 Å². The lowest BCUT2D eigenvalue weighted by molar-refractivity contribution is 0.0528. The van der Waals surface area contributed by atoms with Crippen LogP contribution in [-0.2, 0) is 4.74 Å². The van der Waals surface area contributed by atoms with Gasteiger partial charge in [-0.25, -0.2) is 9.78 Å². The molecule has 0 saturated carbocycles. The van der Waals surface area contributed by atoms with Gasteiger partial charge in [-0.1, -0.05) is 36.4 Å². The highest BCUT2D eigenvalue weighted by atomic mass is 32.1. The number of para-hydroxylation sites is 1. The van der Waals surface area contributed by atoms with Crippen molar-refractivity contribution in [3.05, 3.63) is 54.1 Å². The molecule has 0 spiro atoms. The largest absolute Gasteiger partial charge is 0.462 e. The van der Waals surface area contributed by atoms with E-state index in [9.17, 15) is 4.79 Å². The van der Waals surface area contributed by atoms with Gasteiger partial charge in [-0.05, 0) is 19.1 Å². The van der Waals surface area contributed by atoms with Crippen LogP contribution in [0.4, 0.5) is 0 Å². The minimum atomic E-state index is -0.317. The Morgan fingerprint density at radius 2 is 1.95 bits per heavy atom. The molecule has 4 heteroatoms. The van der Waals surface area contributed by atoms with Gasteiger partial charge < -0.3 is 4.74 Å². The first kappa shape index (κ1) is 12.8. The van der Waals surface area contributed by atoms with Gasteiger partial charge >= 0.3 is 5.97 Å². The molecule has 0 aliphatic carbocycles. The second-order valence-electron chi connectivity index (χ2n) is 4.26. The Hall–Kier alpha value is -2.20. The van der Waals surface area contributed by atoms with Crippen molar-refractivity contribution >= 4 is 27.5 Å². The Balaban J connectivity index is 2.12. The highest BCUT2D eigenvalue weighted by Gasteiger charge is 2.15. The average molecular weight is 283 g/mol. The molecule has 3 aromatic rings. The van der Waals surface area contributed by atoms with Crippen molar-refractivity contribution in [2.24, 2.45) is 0 Å². The molecule has 0 aliphatic rings. The maximum atomic E-state index is 11.9. The van der Waals surface area contributed by atoms with Gasteiger partial charge in [0.25, 0.3) is 0 Å². The van der Waals surface area contributed by atoms with Crippen LogP contribution < -0.4 is 0 Å². The van der Waals surface area contributed by atoms with Crippen molar-refractivity contribution in [1.29, 1.82) is 0 Å². The number of carbonyl (C=O) groups excluding carboxylic acids is 1. The number of carbonyl (C=O) groups is 1. The highest BCUT2D eigenvalue weighted by Crippen LogP contribution is 2.31. The Kier molecular flexibility index (Phi) is 3.48. The van der Waals surface area contributed by atoms with E-state index in [1.165, 1.54) is 0 Å². The quantitative estimate of drug-likeness (QED) is 0.678. The Labute approximate surface area is 120 Å². The fourth-order valence-electron chi connectivity index (χ4n) is 2.03.